The van der Waals surface area contributed by atoms with Gasteiger partial charge in [0, 0.05) is 20.2 Å². The maximum absolute atomic E-state index is 13.7. The predicted octanol–water partition coefficient (Wildman–Crippen LogP) is 6.04. The molecule has 0 amide bonds. The van der Waals surface area contributed by atoms with Crippen LogP contribution in [0.5, 0.6) is 0 Å². The van der Waals surface area contributed by atoms with E-state index in [1.165, 1.54) is 0 Å². The van der Waals surface area contributed by atoms with Crippen LogP contribution in [-0.2, 0) is 31.7 Å². The normalized spacial score (nSPS) is 23.1. The van der Waals surface area contributed by atoms with E-state index in [1.807, 2.05) is 54.6 Å². The number of methoxy groups -OCH3 is 1. The number of carbonyl (C=O) groups is 1. The molecule has 42 heavy (non-hydrogen) atoms. The second kappa shape index (κ2) is 14.1. The number of carbonyl (C=O) groups excluding carboxylic acids is 1. The van der Waals surface area contributed by atoms with E-state index in [0.717, 1.165) is 11.1 Å². The number of aliphatic hydroxyl groups is 1. The summed E-state index contributed by atoms with van der Waals surface area (Å²) in [4.78, 5) is 15.9. The molecule has 0 unspecified atom stereocenters. The fraction of sp³-hybridized carbons (Fsp3) is 0.441. The minimum atomic E-state index is -2.41. The van der Waals surface area contributed by atoms with Crippen LogP contribution in [0.2, 0.25) is 18.1 Å². The van der Waals surface area contributed by atoms with Crippen molar-refractivity contribution in [3.63, 3.8) is 0 Å². The van der Waals surface area contributed by atoms with Crippen LogP contribution in [0.3, 0.4) is 0 Å². The van der Waals surface area contributed by atoms with E-state index in [-0.39, 0.29) is 11.6 Å². The average molecular weight is 592 g/mol. The van der Waals surface area contributed by atoms with Gasteiger partial charge in [0.2, 0.25) is 0 Å². The Bertz CT molecular complexity index is 1210. The molecule has 0 bridgehead atoms. The van der Waals surface area contributed by atoms with Crippen molar-refractivity contribution in [2.45, 2.75) is 82.6 Å². The topological polar surface area (TPSA) is 77.5 Å². The van der Waals surface area contributed by atoms with Crippen molar-refractivity contribution in [3.05, 3.63) is 108 Å². The quantitative estimate of drug-likeness (QED) is 0.215. The van der Waals surface area contributed by atoms with Gasteiger partial charge in [0.1, 0.15) is 24.4 Å². The van der Waals surface area contributed by atoms with Gasteiger partial charge < -0.3 is 23.7 Å². The Labute approximate surface area is 251 Å². The van der Waals surface area contributed by atoms with Crippen LogP contribution in [0.4, 0.5) is 0 Å². The number of hydrogen-bond donors (Lipinski definition) is 1. The van der Waals surface area contributed by atoms with Gasteiger partial charge in [-0.25, -0.2) is 4.79 Å². The third kappa shape index (κ3) is 7.75. The Hall–Kier alpha value is -2.85. The first kappa shape index (κ1) is 32.1. The highest BCUT2D eigenvalue weighted by Crippen LogP contribution is 2.41. The molecule has 0 saturated carbocycles. The van der Waals surface area contributed by atoms with E-state index in [2.05, 4.69) is 63.0 Å². The highest BCUT2D eigenvalue weighted by Gasteiger charge is 2.54. The number of rotatable bonds is 11. The smallest absolute Gasteiger partial charge is 0.338 e. The molecule has 5 atom stereocenters. The summed E-state index contributed by atoms with van der Waals surface area (Å²) < 4.78 is 25.8. The van der Waals surface area contributed by atoms with E-state index in [1.54, 1.807) is 19.2 Å². The number of aliphatic hydroxyl groups excluding tert-OH is 1. The summed E-state index contributed by atoms with van der Waals surface area (Å²) in [5.74, 6) is -0.456. The lowest BCUT2D eigenvalue weighted by atomic mass is 9.94. The van der Waals surface area contributed by atoms with Crippen LogP contribution >= 0.6 is 0 Å². The predicted molar refractivity (Wildman–Crippen MR) is 166 cm³/mol. The second-order valence-electron chi connectivity index (χ2n) is 12.4. The highest BCUT2D eigenvalue weighted by atomic mass is 28.4. The van der Waals surface area contributed by atoms with Gasteiger partial charge in [-0.05, 0) is 41.4 Å². The first-order valence-electron chi connectivity index (χ1n) is 14.6. The lowest BCUT2D eigenvalue weighted by molar-refractivity contribution is -0.279. The maximum Gasteiger partial charge on any atom is 0.338 e. The van der Waals surface area contributed by atoms with E-state index in [0.29, 0.717) is 18.7 Å². The molecular weight excluding hydrogens is 546 g/mol. The summed E-state index contributed by atoms with van der Waals surface area (Å²) >= 11 is 0. The summed E-state index contributed by atoms with van der Waals surface area (Å²) in [5, 5.41) is 10.4. The first-order chi connectivity index (χ1) is 20.0. The van der Waals surface area contributed by atoms with Gasteiger partial charge in [-0.2, -0.15) is 0 Å². The zero-order valence-electron chi connectivity index (χ0n) is 25.6. The third-order valence-corrected chi connectivity index (χ3v) is 12.9. The molecular formula is C34H45NO6Si. The van der Waals surface area contributed by atoms with Gasteiger partial charge in [0.05, 0.1) is 12.2 Å². The van der Waals surface area contributed by atoms with Crippen molar-refractivity contribution in [3.8, 4) is 0 Å². The molecule has 3 aromatic rings. The van der Waals surface area contributed by atoms with Crippen molar-refractivity contribution in [1.29, 1.82) is 0 Å². The van der Waals surface area contributed by atoms with Gasteiger partial charge >= 0.3 is 5.97 Å². The summed E-state index contributed by atoms with van der Waals surface area (Å²) in [7, 11) is -0.825. The third-order valence-electron chi connectivity index (χ3n) is 8.39. The molecule has 8 heteroatoms. The average Bonchev–Trinajstić information content (AvgIpc) is 2.98. The molecule has 0 radical (unpaired) electrons. The standard InChI is InChI=1S/C34H45NO6Si/c1-34(2,3)42(5,6)41-30-28(24-36)39-33(38-4)29(31(30)40-32(37)27-20-14-9-15-21-27)35(22-25-16-10-7-11-17-25)23-26-18-12-8-13-19-26/h7-21,28-31,33,36H,22-24H2,1-6H3/t28-,29-,30-,31-,33+/m1/s1. The molecule has 226 valence electrons. The van der Waals surface area contributed by atoms with Gasteiger partial charge in [-0.1, -0.05) is 99.6 Å². The summed E-state index contributed by atoms with van der Waals surface area (Å²) in [6, 6.07) is 28.8. The Kier molecular flexibility index (Phi) is 10.7. The van der Waals surface area contributed by atoms with Crippen LogP contribution in [0.15, 0.2) is 91.0 Å². The Morgan fingerprint density at radius 3 is 1.81 bits per heavy atom. The molecule has 1 saturated heterocycles. The number of benzene rings is 3. The number of ether oxygens (including phenoxy) is 3. The maximum atomic E-state index is 13.7. The molecule has 1 aliphatic rings. The van der Waals surface area contributed by atoms with E-state index in [9.17, 15) is 9.90 Å². The van der Waals surface area contributed by atoms with Gasteiger partial charge in [-0.15, -0.1) is 0 Å². The molecule has 0 spiro atoms. The lowest BCUT2D eigenvalue weighted by Crippen LogP contribution is -2.67. The highest BCUT2D eigenvalue weighted by molar-refractivity contribution is 6.74. The summed E-state index contributed by atoms with van der Waals surface area (Å²) in [6.45, 7) is 11.6. The van der Waals surface area contributed by atoms with Crippen LogP contribution < -0.4 is 0 Å². The van der Waals surface area contributed by atoms with Gasteiger partial charge in [0.15, 0.2) is 14.6 Å². The van der Waals surface area contributed by atoms with Gasteiger partial charge in [-0.3, -0.25) is 4.90 Å². The Morgan fingerprint density at radius 2 is 1.36 bits per heavy atom. The van der Waals surface area contributed by atoms with E-state index < -0.39 is 44.9 Å². The Morgan fingerprint density at radius 1 is 0.857 bits per heavy atom. The van der Waals surface area contributed by atoms with Crippen molar-refractivity contribution >= 4 is 14.3 Å². The molecule has 1 aliphatic heterocycles. The zero-order chi connectivity index (χ0) is 30.3. The fourth-order valence-electron chi connectivity index (χ4n) is 5.08. The minimum absolute atomic E-state index is 0.123. The largest absolute Gasteiger partial charge is 0.454 e. The van der Waals surface area contributed by atoms with Crippen LogP contribution in [-0.4, -0.2) is 68.7 Å². The molecule has 0 aliphatic carbocycles. The number of esters is 1. The SMILES string of the molecule is CO[C@H]1O[C@H](CO)[C@@H](O[Si](C)(C)C(C)(C)C)[C@H](OC(=O)c2ccccc2)[C@H]1N(Cc1ccccc1)Cc1ccccc1. The second-order valence-corrected chi connectivity index (χ2v) is 17.2. The molecule has 0 aromatic heterocycles. The van der Waals surface area contributed by atoms with E-state index >= 15 is 0 Å². The van der Waals surface area contributed by atoms with Crippen molar-refractivity contribution < 1.29 is 28.5 Å². The van der Waals surface area contributed by atoms with Crippen LogP contribution in [0.1, 0.15) is 42.3 Å². The van der Waals surface area contributed by atoms with E-state index in [4.69, 9.17) is 18.6 Å². The molecule has 7 nitrogen and oxygen atoms in total. The molecule has 3 aromatic carbocycles. The minimum Gasteiger partial charge on any atom is -0.454 e. The summed E-state index contributed by atoms with van der Waals surface area (Å²) in [6.07, 6.45) is -3.05. The number of nitrogens with zero attached hydrogens (tertiary/aromatic N) is 1. The molecule has 1 N–H and O–H groups in total. The summed E-state index contributed by atoms with van der Waals surface area (Å²) in [5.41, 5.74) is 2.64. The van der Waals surface area contributed by atoms with Crippen molar-refractivity contribution in [2.75, 3.05) is 13.7 Å². The fourth-order valence-corrected chi connectivity index (χ4v) is 6.40. The van der Waals surface area contributed by atoms with Crippen LogP contribution in [0, 0.1) is 0 Å². The molecule has 1 heterocycles. The lowest BCUT2D eigenvalue weighted by Gasteiger charge is -2.51. The first-order valence-corrected chi connectivity index (χ1v) is 17.5. The number of hydrogen-bond acceptors (Lipinski definition) is 7. The van der Waals surface area contributed by atoms with Crippen molar-refractivity contribution in [2.24, 2.45) is 0 Å². The zero-order valence-corrected chi connectivity index (χ0v) is 26.6. The van der Waals surface area contributed by atoms with Gasteiger partial charge in [0.25, 0.3) is 0 Å². The molecule has 1 fully saturated rings. The Balaban J connectivity index is 1.82. The monoisotopic (exact) mass is 591 g/mol. The van der Waals surface area contributed by atoms with Crippen LogP contribution in [0.25, 0.3) is 0 Å². The molecule has 4 rings (SSSR count). The van der Waals surface area contributed by atoms with Crippen molar-refractivity contribution in [1.82, 2.24) is 4.90 Å².